The van der Waals surface area contributed by atoms with Gasteiger partial charge in [-0.2, -0.15) is 0 Å². The number of amides is 1. The molecule has 0 aromatic heterocycles. The lowest BCUT2D eigenvalue weighted by Crippen LogP contribution is -2.30. The molecule has 1 N–H and O–H groups in total. The van der Waals surface area contributed by atoms with Crippen LogP contribution >= 0.6 is 0 Å². The molecule has 8 heavy (non-hydrogen) atoms. The van der Waals surface area contributed by atoms with Crippen LogP contribution in [0.4, 0.5) is 0 Å². The van der Waals surface area contributed by atoms with Crippen LogP contribution in [0.5, 0.6) is 0 Å². The number of rotatable bonds is 0. The number of hydrogen-bond acceptors (Lipinski definition) is 1. The minimum atomic E-state index is 0.293. The second kappa shape index (κ2) is 1.24. The van der Waals surface area contributed by atoms with E-state index < -0.39 is 0 Å². The highest BCUT2D eigenvalue weighted by Crippen LogP contribution is 2.31. The third-order valence-electron chi connectivity index (χ3n) is 2.15. The zero-order chi connectivity index (χ0) is 5.56. The van der Waals surface area contributed by atoms with E-state index in [1.165, 1.54) is 6.42 Å². The molecule has 2 bridgehead atoms. The summed E-state index contributed by atoms with van der Waals surface area (Å²) in [5.74, 6) is 0.682. The van der Waals surface area contributed by atoms with Crippen LogP contribution in [0.3, 0.4) is 0 Å². The van der Waals surface area contributed by atoms with Crippen LogP contribution in [-0.2, 0) is 4.79 Å². The number of carbonyl (C=O) groups excluding carboxylic acids is 1. The Morgan fingerprint density at radius 1 is 1.50 bits per heavy atom. The molecular weight excluding hydrogens is 102 g/mol. The van der Waals surface area contributed by atoms with Crippen LogP contribution in [-0.4, -0.2) is 11.9 Å². The topological polar surface area (TPSA) is 29.1 Å². The molecule has 1 saturated carbocycles. The van der Waals surface area contributed by atoms with Crippen molar-refractivity contribution in [3.05, 3.63) is 0 Å². The van der Waals surface area contributed by atoms with Crippen molar-refractivity contribution in [3.8, 4) is 0 Å². The fraction of sp³-hybridized carbons (Fsp3) is 0.833. The van der Waals surface area contributed by atoms with Crippen LogP contribution < -0.4 is 5.32 Å². The zero-order valence-electron chi connectivity index (χ0n) is 4.68. The lowest BCUT2D eigenvalue weighted by Gasteiger charge is -2.08. The second-order valence-corrected chi connectivity index (χ2v) is 2.72. The highest BCUT2D eigenvalue weighted by Gasteiger charge is 2.37. The van der Waals surface area contributed by atoms with E-state index in [-0.39, 0.29) is 0 Å². The number of hydrogen-bond donors (Lipinski definition) is 1. The monoisotopic (exact) mass is 111 g/mol. The molecule has 1 unspecified atom stereocenters. The summed E-state index contributed by atoms with van der Waals surface area (Å²) < 4.78 is 0. The van der Waals surface area contributed by atoms with Gasteiger partial charge in [0.25, 0.3) is 0 Å². The maximum Gasteiger partial charge on any atom is 0.223 e. The highest BCUT2D eigenvalue weighted by molar-refractivity contribution is 5.82. The van der Waals surface area contributed by atoms with E-state index in [1.54, 1.807) is 0 Å². The molecular formula is C6H9NO. The van der Waals surface area contributed by atoms with E-state index >= 15 is 0 Å². The first-order valence-electron chi connectivity index (χ1n) is 3.16. The predicted octanol–water partition coefficient (Wildman–Crippen LogP) is 0.285. The van der Waals surface area contributed by atoms with Gasteiger partial charge in [-0.05, 0) is 19.3 Å². The molecule has 1 aliphatic heterocycles. The van der Waals surface area contributed by atoms with Gasteiger partial charge in [-0.25, -0.2) is 0 Å². The Kier molecular flexibility index (Phi) is 0.678. The zero-order valence-corrected chi connectivity index (χ0v) is 4.68. The molecule has 44 valence electrons. The average molecular weight is 111 g/mol. The summed E-state index contributed by atoms with van der Waals surface area (Å²) in [5, 5.41) is 2.91. The molecule has 1 saturated heterocycles. The molecule has 2 fully saturated rings. The fourth-order valence-corrected chi connectivity index (χ4v) is 1.67. The van der Waals surface area contributed by atoms with Gasteiger partial charge in [0, 0.05) is 12.0 Å². The lowest BCUT2D eigenvalue weighted by atomic mass is 10.1. The van der Waals surface area contributed by atoms with Gasteiger partial charge in [0.05, 0.1) is 0 Å². The highest BCUT2D eigenvalue weighted by atomic mass is 16.2. The van der Waals surface area contributed by atoms with Crippen LogP contribution in [0.1, 0.15) is 19.3 Å². The number of fused-ring (bicyclic) bond motifs is 2. The van der Waals surface area contributed by atoms with Crippen molar-refractivity contribution < 1.29 is 4.79 Å². The van der Waals surface area contributed by atoms with Crippen LogP contribution in [0.15, 0.2) is 0 Å². The molecule has 0 aromatic rings. The van der Waals surface area contributed by atoms with E-state index in [0.29, 0.717) is 17.9 Å². The summed E-state index contributed by atoms with van der Waals surface area (Å²) in [5.41, 5.74) is 0. The van der Waals surface area contributed by atoms with Gasteiger partial charge in [0.1, 0.15) is 0 Å². The first kappa shape index (κ1) is 4.36. The third kappa shape index (κ3) is 0.403. The molecule has 0 radical (unpaired) electrons. The summed E-state index contributed by atoms with van der Waals surface area (Å²) >= 11 is 0. The first-order valence-corrected chi connectivity index (χ1v) is 3.16. The van der Waals surface area contributed by atoms with Crippen molar-refractivity contribution in [1.82, 2.24) is 5.32 Å². The van der Waals surface area contributed by atoms with Crippen LogP contribution in [0.25, 0.3) is 0 Å². The van der Waals surface area contributed by atoms with Crippen molar-refractivity contribution in [2.75, 3.05) is 0 Å². The molecule has 0 aromatic carbocycles. The van der Waals surface area contributed by atoms with E-state index in [0.717, 1.165) is 12.8 Å². The summed E-state index contributed by atoms with van der Waals surface area (Å²) in [6, 6.07) is 0.549. The molecule has 0 spiro atoms. The second-order valence-electron chi connectivity index (χ2n) is 2.72. The van der Waals surface area contributed by atoms with Crippen molar-refractivity contribution in [1.29, 1.82) is 0 Å². The maximum atomic E-state index is 10.7. The van der Waals surface area contributed by atoms with Gasteiger partial charge >= 0.3 is 0 Å². The van der Waals surface area contributed by atoms with Gasteiger partial charge < -0.3 is 5.32 Å². The minimum Gasteiger partial charge on any atom is -0.353 e. The van der Waals surface area contributed by atoms with Gasteiger partial charge in [-0.3, -0.25) is 4.79 Å². The Balaban J connectivity index is 2.22. The van der Waals surface area contributed by atoms with E-state index in [4.69, 9.17) is 0 Å². The molecule has 1 amide bonds. The molecule has 2 nitrogen and oxygen atoms in total. The van der Waals surface area contributed by atoms with Crippen LogP contribution in [0, 0.1) is 5.92 Å². The Bertz CT molecular complexity index is 132. The van der Waals surface area contributed by atoms with E-state index in [1.807, 2.05) is 0 Å². The Hall–Kier alpha value is -0.530. The van der Waals surface area contributed by atoms with Gasteiger partial charge in [0.2, 0.25) is 5.91 Å². The van der Waals surface area contributed by atoms with Crippen molar-refractivity contribution in [2.24, 2.45) is 5.92 Å². The Morgan fingerprint density at radius 3 is 2.62 bits per heavy atom. The van der Waals surface area contributed by atoms with Gasteiger partial charge in [-0.1, -0.05) is 0 Å². The van der Waals surface area contributed by atoms with Crippen LogP contribution in [0.2, 0.25) is 0 Å². The summed E-state index contributed by atoms with van der Waals surface area (Å²) in [7, 11) is 0. The maximum absolute atomic E-state index is 10.7. The van der Waals surface area contributed by atoms with Gasteiger partial charge in [-0.15, -0.1) is 0 Å². The fourth-order valence-electron chi connectivity index (χ4n) is 1.67. The average Bonchev–Trinajstić information content (AvgIpc) is 2.23. The van der Waals surface area contributed by atoms with E-state index in [2.05, 4.69) is 5.32 Å². The normalized spacial score (nSPS) is 42.8. The Labute approximate surface area is 48.3 Å². The quantitative estimate of drug-likeness (QED) is 0.478. The molecule has 2 rings (SSSR count). The molecule has 2 aliphatic rings. The smallest absolute Gasteiger partial charge is 0.223 e. The molecule has 2 heteroatoms. The molecule has 2 atom stereocenters. The van der Waals surface area contributed by atoms with Crippen molar-refractivity contribution in [3.63, 3.8) is 0 Å². The third-order valence-corrected chi connectivity index (χ3v) is 2.15. The lowest BCUT2D eigenvalue weighted by molar-refractivity contribution is -0.123. The largest absolute Gasteiger partial charge is 0.353 e. The van der Waals surface area contributed by atoms with Gasteiger partial charge in [0.15, 0.2) is 0 Å². The standard InChI is InChI=1S/C6H9NO/c8-6-4-1-2-5(3-4)7-6/h4-5H,1-3H2,(H,7,8)/t4-,5?/m0/s1. The predicted molar refractivity (Wildman–Crippen MR) is 29.3 cm³/mol. The molecule has 1 heterocycles. The summed E-state index contributed by atoms with van der Waals surface area (Å²) in [4.78, 5) is 10.7. The number of piperidine rings is 1. The minimum absolute atomic E-state index is 0.293. The van der Waals surface area contributed by atoms with E-state index in [9.17, 15) is 4.79 Å². The van der Waals surface area contributed by atoms with Crippen molar-refractivity contribution in [2.45, 2.75) is 25.3 Å². The SMILES string of the molecule is O=C1NC2CC[C@H]1C2. The summed E-state index contributed by atoms with van der Waals surface area (Å²) in [6.07, 6.45) is 3.46. The van der Waals surface area contributed by atoms with Crippen molar-refractivity contribution >= 4 is 5.91 Å². The number of carbonyl (C=O) groups is 1. The first-order chi connectivity index (χ1) is 3.86. The number of nitrogens with one attached hydrogen (secondary N) is 1. The summed E-state index contributed by atoms with van der Waals surface area (Å²) in [6.45, 7) is 0. The molecule has 1 aliphatic carbocycles. The Morgan fingerprint density at radius 2 is 2.38 bits per heavy atom.